The van der Waals surface area contributed by atoms with E-state index in [2.05, 4.69) is 18.2 Å². The maximum Gasteiger partial charge on any atom is 0.0756 e. The van der Waals surface area contributed by atoms with E-state index in [1.165, 1.54) is 5.56 Å². The standard InChI is InChI=1S/C12H14O/c1-9-7-11(8-12(9)13)10-5-3-2-4-6-10/h2-7,11-13H,8H2,1H3. The molecule has 0 heterocycles. The summed E-state index contributed by atoms with van der Waals surface area (Å²) in [6.45, 7) is 1.99. The van der Waals surface area contributed by atoms with Crippen LogP contribution in [0.5, 0.6) is 0 Å². The average molecular weight is 174 g/mol. The Labute approximate surface area is 78.7 Å². The molecule has 0 radical (unpaired) electrons. The van der Waals surface area contributed by atoms with Crippen LogP contribution >= 0.6 is 0 Å². The third-order valence-corrected chi connectivity index (χ3v) is 2.69. The fourth-order valence-corrected chi connectivity index (χ4v) is 1.86. The van der Waals surface area contributed by atoms with Gasteiger partial charge in [0.15, 0.2) is 0 Å². The van der Waals surface area contributed by atoms with E-state index in [-0.39, 0.29) is 6.10 Å². The Morgan fingerprint density at radius 3 is 2.46 bits per heavy atom. The third-order valence-electron chi connectivity index (χ3n) is 2.69. The van der Waals surface area contributed by atoms with Crippen LogP contribution in [0, 0.1) is 0 Å². The molecule has 0 saturated carbocycles. The molecule has 2 atom stereocenters. The fourth-order valence-electron chi connectivity index (χ4n) is 1.86. The van der Waals surface area contributed by atoms with E-state index in [9.17, 15) is 5.11 Å². The van der Waals surface area contributed by atoms with Gasteiger partial charge in [-0.3, -0.25) is 0 Å². The second-order valence-electron chi connectivity index (χ2n) is 3.68. The van der Waals surface area contributed by atoms with Crippen molar-refractivity contribution in [3.8, 4) is 0 Å². The molecule has 0 aromatic heterocycles. The molecular weight excluding hydrogens is 160 g/mol. The van der Waals surface area contributed by atoms with Crippen molar-refractivity contribution in [2.24, 2.45) is 0 Å². The van der Waals surface area contributed by atoms with Gasteiger partial charge in [-0.25, -0.2) is 0 Å². The van der Waals surface area contributed by atoms with Crippen molar-refractivity contribution in [2.75, 3.05) is 0 Å². The maximum absolute atomic E-state index is 9.56. The molecule has 0 amide bonds. The number of allylic oxidation sites excluding steroid dienone is 1. The van der Waals surface area contributed by atoms with Gasteiger partial charge >= 0.3 is 0 Å². The van der Waals surface area contributed by atoms with E-state index >= 15 is 0 Å². The van der Waals surface area contributed by atoms with Gasteiger partial charge in [-0.2, -0.15) is 0 Å². The van der Waals surface area contributed by atoms with Gasteiger partial charge in [0, 0.05) is 5.92 Å². The van der Waals surface area contributed by atoms with E-state index in [1.54, 1.807) is 0 Å². The molecule has 0 fully saturated rings. The molecule has 0 bridgehead atoms. The molecule has 2 unspecified atom stereocenters. The van der Waals surface area contributed by atoms with Crippen LogP contribution in [-0.2, 0) is 0 Å². The van der Waals surface area contributed by atoms with Crippen LogP contribution < -0.4 is 0 Å². The van der Waals surface area contributed by atoms with Crippen LogP contribution in [-0.4, -0.2) is 11.2 Å². The van der Waals surface area contributed by atoms with Crippen molar-refractivity contribution in [3.05, 3.63) is 47.5 Å². The van der Waals surface area contributed by atoms with Crippen molar-refractivity contribution in [1.29, 1.82) is 0 Å². The molecule has 68 valence electrons. The lowest BCUT2D eigenvalue weighted by Gasteiger charge is -2.08. The molecule has 1 nitrogen and oxygen atoms in total. The van der Waals surface area contributed by atoms with Crippen LogP contribution in [0.1, 0.15) is 24.8 Å². The normalized spacial score (nSPS) is 27.4. The van der Waals surface area contributed by atoms with Gasteiger partial charge in [-0.15, -0.1) is 0 Å². The molecule has 1 aliphatic carbocycles. The Morgan fingerprint density at radius 1 is 1.23 bits per heavy atom. The van der Waals surface area contributed by atoms with Gasteiger partial charge in [0.2, 0.25) is 0 Å². The first-order valence-corrected chi connectivity index (χ1v) is 4.68. The predicted octanol–water partition coefficient (Wildman–Crippen LogP) is 2.48. The van der Waals surface area contributed by atoms with E-state index in [4.69, 9.17) is 0 Å². The average Bonchev–Trinajstić information content (AvgIpc) is 2.49. The van der Waals surface area contributed by atoms with Crippen molar-refractivity contribution >= 4 is 0 Å². The van der Waals surface area contributed by atoms with Crippen molar-refractivity contribution in [1.82, 2.24) is 0 Å². The van der Waals surface area contributed by atoms with E-state index in [0.717, 1.165) is 12.0 Å². The maximum atomic E-state index is 9.56. The second-order valence-corrected chi connectivity index (χ2v) is 3.68. The first-order chi connectivity index (χ1) is 6.27. The summed E-state index contributed by atoms with van der Waals surface area (Å²) in [6, 6.07) is 10.3. The third kappa shape index (κ3) is 1.65. The van der Waals surface area contributed by atoms with E-state index < -0.39 is 0 Å². The zero-order valence-corrected chi connectivity index (χ0v) is 7.77. The molecule has 1 heteroatoms. The zero-order valence-electron chi connectivity index (χ0n) is 7.77. The largest absolute Gasteiger partial charge is 0.389 e. The highest BCUT2D eigenvalue weighted by Crippen LogP contribution is 2.32. The first-order valence-electron chi connectivity index (χ1n) is 4.68. The van der Waals surface area contributed by atoms with Crippen molar-refractivity contribution < 1.29 is 5.11 Å². The minimum absolute atomic E-state index is 0.231. The summed E-state index contributed by atoms with van der Waals surface area (Å²) in [5.74, 6) is 0.413. The van der Waals surface area contributed by atoms with Gasteiger partial charge in [-0.1, -0.05) is 36.4 Å². The van der Waals surface area contributed by atoms with Crippen molar-refractivity contribution in [2.45, 2.75) is 25.4 Å². The highest BCUT2D eigenvalue weighted by atomic mass is 16.3. The summed E-state index contributed by atoms with van der Waals surface area (Å²) in [4.78, 5) is 0. The minimum Gasteiger partial charge on any atom is -0.389 e. The van der Waals surface area contributed by atoms with Gasteiger partial charge in [0.1, 0.15) is 0 Å². The smallest absolute Gasteiger partial charge is 0.0756 e. The highest BCUT2D eigenvalue weighted by molar-refractivity contribution is 5.30. The Hall–Kier alpha value is -1.08. The summed E-state index contributed by atoms with van der Waals surface area (Å²) in [7, 11) is 0. The van der Waals surface area contributed by atoms with Crippen LogP contribution in [0.2, 0.25) is 0 Å². The zero-order chi connectivity index (χ0) is 9.26. The Kier molecular flexibility index (Phi) is 2.19. The lowest BCUT2D eigenvalue weighted by Crippen LogP contribution is -2.03. The lowest BCUT2D eigenvalue weighted by molar-refractivity contribution is 0.207. The summed E-state index contributed by atoms with van der Waals surface area (Å²) in [5.41, 5.74) is 2.41. The minimum atomic E-state index is -0.231. The Balaban J connectivity index is 2.22. The molecular formula is C12H14O. The Morgan fingerprint density at radius 2 is 1.92 bits per heavy atom. The molecule has 1 N–H and O–H groups in total. The number of benzene rings is 1. The van der Waals surface area contributed by atoms with Crippen LogP contribution in [0.25, 0.3) is 0 Å². The van der Waals surface area contributed by atoms with Gasteiger partial charge in [0.25, 0.3) is 0 Å². The molecule has 1 aromatic carbocycles. The van der Waals surface area contributed by atoms with E-state index in [1.807, 2.05) is 25.1 Å². The van der Waals surface area contributed by atoms with Gasteiger partial charge in [-0.05, 0) is 24.5 Å². The van der Waals surface area contributed by atoms with Gasteiger partial charge < -0.3 is 5.11 Å². The first kappa shape index (κ1) is 8.52. The molecule has 1 aliphatic rings. The van der Waals surface area contributed by atoms with Gasteiger partial charge in [0.05, 0.1) is 6.10 Å². The molecule has 2 rings (SSSR count). The second kappa shape index (κ2) is 3.35. The molecule has 0 aliphatic heterocycles. The number of aliphatic hydroxyl groups excluding tert-OH is 1. The fraction of sp³-hybridized carbons (Fsp3) is 0.333. The van der Waals surface area contributed by atoms with Crippen LogP contribution in [0.4, 0.5) is 0 Å². The quantitative estimate of drug-likeness (QED) is 0.648. The van der Waals surface area contributed by atoms with Crippen molar-refractivity contribution in [3.63, 3.8) is 0 Å². The Bertz CT molecular complexity index is 313. The molecule has 0 spiro atoms. The van der Waals surface area contributed by atoms with Crippen LogP contribution in [0.3, 0.4) is 0 Å². The SMILES string of the molecule is CC1=CC(c2ccccc2)CC1O. The number of hydrogen-bond acceptors (Lipinski definition) is 1. The number of hydrogen-bond donors (Lipinski definition) is 1. The topological polar surface area (TPSA) is 20.2 Å². The predicted molar refractivity (Wildman–Crippen MR) is 53.6 cm³/mol. The van der Waals surface area contributed by atoms with E-state index in [0.29, 0.717) is 5.92 Å². The summed E-state index contributed by atoms with van der Waals surface area (Å²) < 4.78 is 0. The summed E-state index contributed by atoms with van der Waals surface area (Å²) >= 11 is 0. The molecule has 13 heavy (non-hydrogen) atoms. The summed E-state index contributed by atoms with van der Waals surface area (Å²) in [5, 5.41) is 9.56. The number of rotatable bonds is 1. The summed E-state index contributed by atoms with van der Waals surface area (Å²) in [6.07, 6.45) is 2.78. The molecule has 0 saturated heterocycles. The monoisotopic (exact) mass is 174 g/mol. The lowest BCUT2D eigenvalue weighted by atomic mass is 9.99. The number of aliphatic hydroxyl groups is 1. The molecule has 1 aromatic rings. The van der Waals surface area contributed by atoms with Crippen LogP contribution in [0.15, 0.2) is 42.0 Å². The highest BCUT2D eigenvalue weighted by Gasteiger charge is 2.22.